The fourth-order valence-electron chi connectivity index (χ4n) is 2.64. The van der Waals surface area contributed by atoms with Crippen molar-refractivity contribution in [1.29, 1.82) is 0 Å². The molecule has 138 valence electrons. The van der Waals surface area contributed by atoms with Gasteiger partial charge in [-0.25, -0.2) is 12.8 Å². The van der Waals surface area contributed by atoms with Gasteiger partial charge in [0.05, 0.1) is 4.90 Å². The van der Waals surface area contributed by atoms with Crippen LogP contribution in [0.25, 0.3) is 0 Å². The summed E-state index contributed by atoms with van der Waals surface area (Å²) < 4.78 is 39.2. The lowest BCUT2D eigenvalue weighted by molar-refractivity contribution is 0.0953. The minimum absolute atomic E-state index is 0.140. The summed E-state index contributed by atoms with van der Waals surface area (Å²) in [5, 5.41) is 1.62. The molecule has 1 heterocycles. The lowest BCUT2D eigenvalue weighted by atomic mass is 10.2. The van der Waals surface area contributed by atoms with Crippen LogP contribution in [0, 0.1) is 5.82 Å². The molecule has 0 radical (unpaired) electrons. The van der Waals surface area contributed by atoms with Crippen LogP contribution in [0.4, 0.5) is 4.39 Å². The van der Waals surface area contributed by atoms with Crippen molar-refractivity contribution in [1.82, 2.24) is 10.3 Å². The number of pyridine rings is 1. The van der Waals surface area contributed by atoms with Crippen LogP contribution >= 0.6 is 0 Å². The van der Waals surface area contributed by atoms with Crippen LogP contribution in [0.3, 0.4) is 0 Å². The average Bonchev–Trinajstić information content (AvgIpc) is 2.70. The molecule has 7 heteroatoms. The van der Waals surface area contributed by atoms with Gasteiger partial charge in [-0.1, -0.05) is 24.3 Å². The van der Waals surface area contributed by atoms with Crippen molar-refractivity contribution in [3.63, 3.8) is 0 Å². The van der Waals surface area contributed by atoms with Gasteiger partial charge in [0.1, 0.15) is 11.1 Å². The fourth-order valence-corrected chi connectivity index (χ4v) is 4.30. The Morgan fingerprint density at radius 1 is 1.00 bits per heavy atom. The first kappa shape index (κ1) is 18.7. The molecular weight excluding hydrogens is 367 g/mol. The third kappa shape index (κ3) is 4.38. The van der Waals surface area contributed by atoms with Gasteiger partial charge in [-0.05, 0) is 48.0 Å². The fraction of sp³-hybridized carbons (Fsp3) is 0.100. The van der Waals surface area contributed by atoms with Gasteiger partial charge in [0.25, 0.3) is 5.91 Å². The molecule has 0 saturated heterocycles. The summed E-state index contributed by atoms with van der Waals surface area (Å²) in [5.74, 6) is -0.932. The maximum atomic E-state index is 13.1. The Morgan fingerprint density at radius 2 is 1.70 bits per heavy atom. The number of aromatic nitrogens is 1. The van der Waals surface area contributed by atoms with Crippen molar-refractivity contribution in [3.05, 3.63) is 96.1 Å². The predicted octanol–water partition coefficient (Wildman–Crippen LogP) is 3.17. The van der Waals surface area contributed by atoms with Crippen molar-refractivity contribution in [2.24, 2.45) is 0 Å². The highest BCUT2D eigenvalue weighted by molar-refractivity contribution is 7.91. The number of benzene rings is 2. The minimum Gasteiger partial charge on any atom is -0.350 e. The topological polar surface area (TPSA) is 76.1 Å². The second kappa shape index (κ2) is 8.09. The number of sulfone groups is 1. The molecule has 1 atom stereocenters. The Morgan fingerprint density at radius 3 is 2.33 bits per heavy atom. The molecule has 0 spiro atoms. The molecule has 1 N–H and O–H groups in total. The molecule has 1 amide bonds. The van der Waals surface area contributed by atoms with Gasteiger partial charge < -0.3 is 5.32 Å². The maximum Gasteiger partial charge on any atom is 0.251 e. The summed E-state index contributed by atoms with van der Waals surface area (Å²) >= 11 is 0. The number of carbonyl (C=O) groups excluding carboxylic acids is 1. The third-order valence-electron chi connectivity index (χ3n) is 4.06. The van der Waals surface area contributed by atoms with Crippen molar-refractivity contribution in [3.8, 4) is 0 Å². The lowest BCUT2D eigenvalue weighted by Crippen LogP contribution is -2.32. The zero-order valence-electron chi connectivity index (χ0n) is 14.2. The van der Waals surface area contributed by atoms with Crippen molar-refractivity contribution >= 4 is 15.7 Å². The SMILES string of the molecule is O=C(NC[C@@H](c1cccnc1)S(=O)(=O)c1ccccc1)c1ccc(F)cc1. The summed E-state index contributed by atoms with van der Waals surface area (Å²) in [5.41, 5.74) is 0.721. The second-order valence-corrected chi connectivity index (χ2v) is 7.98. The van der Waals surface area contributed by atoms with Gasteiger partial charge >= 0.3 is 0 Å². The van der Waals surface area contributed by atoms with Gasteiger partial charge in [0.15, 0.2) is 9.84 Å². The quantitative estimate of drug-likeness (QED) is 0.708. The van der Waals surface area contributed by atoms with E-state index in [1.165, 1.54) is 42.6 Å². The molecule has 0 aliphatic rings. The van der Waals surface area contributed by atoms with Crippen LogP contribution in [0.15, 0.2) is 84.0 Å². The summed E-state index contributed by atoms with van der Waals surface area (Å²) in [6, 6.07) is 16.4. The molecule has 3 rings (SSSR count). The predicted molar refractivity (Wildman–Crippen MR) is 99.3 cm³/mol. The van der Waals surface area contributed by atoms with Crippen LogP contribution in [0.1, 0.15) is 21.2 Å². The normalized spacial score (nSPS) is 12.3. The number of hydrogen-bond donors (Lipinski definition) is 1. The van der Waals surface area contributed by atoms with Gasteiger partial charge in [0, 0.05) is 24.5 Å². The van der Waals surface area contributed by atoms with E-state index >= 15 is 0 Å². The average molecular weight is 384 g/mol. The van der Waals surface area contributed by atoms with E-state index < -0.39 is 26.8 Å². The zero-order chi connectivity index (χ0) is 19.3. The van der Waals surface area contributed by atoms with Gasteiger partial charge in [-0.2, -0.15) is 0 Å². The smallest absolute Gasteiger partial charge is 0.251 e. The number of carbonyl (C=O) groups is 1. The lowest BCUT2D eigenvalue weighted by Gasteiger charge is -2.18. The highest BCUT2D eigenvalue weighted by Crippen LogP contribution is 2.28. The van der Waals surface area contributed by atoms with E-state index in [9.17, 15) is 17.6 Å². The number of halogens is 1. The van der Waals surface area contributed by atoms with E-state index in [0.29, 0.717) is 5.56 Å². The molecule has 27 heavy (non-hydrogen) atoms. The summed E-state index contributed by atoms with van der Waals surface area (Å²) in [7, 11) is -3.75. The number of hydrogen-bond acceptors (Lipinski definition) is 4. The first-order valence-corrected chi connectivity index (χ1v) is 9.76. The van der Waals surface area contributed by atoms with Crippen LogP contribution < -0.4 is 5.32 Å². The first-order chi connectivity index (χ1) is 13.0. The Kier molecular flexibility index (Phi) is 5.61. The minimum atomic E-state index is -3.75. The standard InChI is InChI=1S/C20H17FN2O3S/c21-17-10-8-15(9-11-17)20(24)23-14-19(16-5-4-12-22-13-16)27(25,26)18-6-2-1-3-7-18/h1-13,19H,14H2,(H,23,24)/t19-/m0/s1. The largest absolute Gasteiger partial charge is 0.350 e. The number of rotatable bonds is 6. The summed E-state index contributed by atoms with van der Waals surface area (Å²) in [6.07, 6.45) is 3.02. The van der Waals surface area contributed by atoms with E-state index in [2.05, 4.69) is 10.3 Å². The zero-order valence-corrected chi connectivity index (χ0v) is 15.1. The van der Waals surface area contributed by atoms with E-state index in [-0.39, 0.29) is 17.0 Å². The maximum absolute atomic E-state index is 13.1. The molecule has 5 nitrogen and oxygen atoms in total. The molecule has 0 bridgehead atoms. The Balaban J connectivity index is 1.87. The molecule has 0 unspecified atom stereocenters. The Hall–Kier alpha value is -3.06. The van der Waals surface area contributed by atoms with Crippen molar-refractivity contribution < 1.29 is 17.6 Å². The van der Waals surface area contributed by atoms with E-state index in [1.807, 2.05) is 0 Å². The van der Waals surface area contributed by atoms with E-state index in [0.717, 1.165) is 0 Å². The highest BCUT2D eigenvalue weighted by Gasteiger charge is 2.29. The molecule has 0 aliphatic carbocycles. The van der Waals surface area contributed by atoms with Gasteiger partial charge in [-0.3, -0.25) is 9.78 Å². The molecular formula is C20H17FN2O3S. The van der Waals surface area contributed by atoms with Crippen LogP contribution in [-0.2, 0) is 9.84 Å². The number of nitrogens with one attached hydrogen (secondary N) is 1. The Labute approximate surface area is 156 Å². The first-order valence-electron chi connectivity index (χ1n) is 8.21. The monoisotopic (exact) mass is 384 g/mol. The van der Waals surface area contributed by atoms with Crippen LogP contribution in [0.2, 0.25) is 0 Å². The molecule has 0 fully saturated rings. The summed E-state index contributed by atoms with van der Waals surface area (Å²) in [4.78, 5) is 16.5. The Bertz CT molecular complexity index is 1010. The van der Waals surface area contributed by atoms with Crippen LogP contribution in [0.5, 0.6) is 0 Å². The molecule has 0 aliphatic heterocycles. The number of amides is 1. The molecule has 3 aromatic rings. The second-order valence-electron chi connectivity index (χ2n) is 5.85. The molecule has 0 saturated carbocycles. The van der Waals surface area contributed by atoms with Crippen molar-refractivity contribution in [2.45, 2.75) is 10.1 Å². The van der Waals surface area contributed by atoms with Gasteiger partial charge in [-0.15, -0.1) is 0 Å². The molecule has 2 aromatic carbocycles. The summed E-state index contributed by atoms with van der Waals surface area (Å²) in [6.45, 7) is -0.140. The highest BCUT2D eigenvalue weighted by atomic mass is 32.2. The van der Waals surface area contributed by atoms with E-state index in [4.69, 9.17) is 0 Å². The van der Waals surface area contributed by atoms with Crippen LogP contribution in [-0.4, -0.2) is 25.9 Å². The third-order valence-corrected chi connectivity index (χ3v) is 6.17. The molecule has 1 aromatic heterocycles. The van der Waals surface area contributed by atoms with Gasteiger partial charge in [0.2, 0.25) is 0 Å². The van der Waals surface area contributed by atoms with Crippen molar-refractivity contribution in [2.75, 3.05) is 6.54 Å². The van der Waals surface area contributed by atoms with E-state index in [1.54, 1.807) is 36.5 Å². The number of nitrogens with zero attached hydrogens (tertiary/aromatic N) is 1.